The second-order valence-electron chi connectivity index (χ2n) is 5.96. The molecule has 134 valence electrons. The average Bonchev–Trinajstić information content (AvgIpc) is 3.22. The van der Waals surface area contributed by atoms with Crippen molar-refractivity contribution in [2.24, 2.45) is 7.05 Å². The fraction of sp³-hybridized carbons (Fsp3) is 0.294. The summed E-state index contributed by atoms with van der Waals surface area (Å²) >= 11 is 4.28. The van der Waals surface area contributed by atoms with Crippen LogP contribution in [0.15, 0.2) is 33.0 Å². The van der Waals surface area contributed by atoms with Gasteiger partial charge in [-0.3, -0.25) is 14.2 Å². The highest BCUT2D eigenvalue weighted by Crippen LogP contribution is 2.29. The Kier molecular flexibility index (Phi) is 4.76. The molecule has 0 atom stereocenters. The van der Waals surface area contributed by atoms with E-state index in [4.69, 9.17) is 0 Å². The summed E-state index contributed by atoms with van der Waals surface area (Å²) in [6.07, 6.45) is 0.807. The Morgan fingerprint density at radius 2 is 2.23 bits per heavy atom. The van der Waals surface area contributed by atoms with E-state index in [2.05, 4.69) is 21.4 Å². The van der Waals surface area contributed by atoms with Crippen LogP contribution in [0.1, 0.15) is 11.3 Å². The maximum absolute atomic E-state index is 12.3. The fourth-order valence-electron chi connectivity index (χ4n) is 2.67. The predicted molar refractivity (Wildman–Crippen MR) is 108 cm³/mol. The minimum Gasteiger partial charge on any atom is -0.301 e. The molecular weight excluding hydrogens is 388 g/mol. The SMILES string of the molecule is Cc1ccc2nc(NC(=O)CSc3nc4c(c(=O)n3C)SCC4)sc2c1. The molecule has 3 aromatic rings. The number of hydrogen-bond donors (Lipinski definition) is 1. The number of aryl methyl sites for hydroxylation is 2. The van der Waals surface area contributed by atoms with E-state index in [1.54, 1.807) is 18.8 Å². The lowest BCUT2D eigenvalue weighted by molar-refractivity contribution is -0.113. The highest BCUT2D eigenvalue weighted by molar-refractivity contribution is 8.00. The molecule has 4 rings (SSSR count). The quantitative estimate of drug-likeness (QED) is 0.532. The first kappa shape index (κ1) is 17.6. The molecule has 3 heterocycles. The van der Waals surface area contributed by atoms with E-state index in [1.165, 1.54) is 27.7 Å². The smallest absolute Gasteiger partial charge is 0.267 e. The van der Waals surface area contributed by atoms with Crippen LogP contribution in [0.3, 0.4) is 0 Å². The van der Waals surface area contributed by atoms with Crippen molar-refractivity contribution in [2.45, 2.75) is 23.4 Å². The molecule has 0 radical (unpaired) electrons. The van der Waals surface area contributed by atoms with Crippen LogP contribution in [0.5, 0.6) is 0 Å². The van der Waals surface area contributed by atoms with Crippen LogP contribution < -0.4 is 10.9 Å². The molecule has 0 bridgehead atoms. The molecule has 1 aliphatic heterocycles. The second-order valence-corrected chi connectivity index (χ2v) is 9.04. The number of aromatic nitrogens is 3. The van der Waals surface area contributed by atoms with Gasteiger partial charge in [-0.2, -0.15) is 0 Å². The van der Waals surface area contributed by atoms with E-state index >= 15 is 0 Å². The Labute approximate surface area is 162 Å². The van der Waals surface area contributed by atoms with Crippen LogP contribution >= 0.6 is 34.9 Å². The third-order valence-corrected chi connectivity index (χ3v) is 7.06. The average molecular weight is 405 g/mol. The number of carbonyl (C=O) groups is 1. The summed E-state index contributed by atoms with van der Waals surface area (Å²) in [5.74, 6) is 0.916. The summed E-state index contributed by atoms with van der Waals surface area (Å²) in [7, 11) is 1.70. The van der Waals surface area contributed by atoms with Gasteiger partial charge in [-0.05, 0) is 24.6 Å². The van der Waals surface area contributed by atoms with Gasteiger partial charge in [0, 0.05) is 19.2 Å². The number of nitrogens with zero attached hydrogens (tertiary/aromatic N) is 3. The summed E-state index contributed by atoms with van der Waals surface area (Å²) < 4.78 is 2.57. The predicted octanol–water partition coefficient (Wildman–Crippen LogP) is 3.08. The van der Waals surface area contributed by atoms with Crippen molar-refractivity contribution in [3.05, 3.63) is 39.8 Å². The largest absolute Gasteiger partial charge is 0.301 e. The zero-order valence-electron chi connectivity index (χ0n) is 14.2. The molecule has 1 amide bonds. The molecular formula is C17H16N4O2S3. The number of fused-ring (bicyclic) bond motifs is 2. The van der Waals surface area contributed by atoms with E-state index in [9.17, 15) is 9.59 Å². The molecule has 26 heavy (non-hydrogen) atoms. The third-order valence-electron chi connectivity index (χ3n) is 3.99. The molecule has 0 unspecified atom stereocenters. The zero-order valence-corrected chi connectivity index (χ0v) is 16.7. The maximum atomic E-state index is 12.3. The van der Waals surface area contributed by atoms with E-state index in [0.29, 0.717) is 10.3 Å². The van der Waals surface area contributed by atoms with E-state index < -0.39 is 0 Å². The van der Waals surface area contributed by atoms with Crippen molar-refractivity contribution in [3.63, 3.8) is 0 Å². The van der Waals surface area contributed by atoms with Gasteiger partial charge in [-0.1, -0.05) is 29.2 Å². The first-order chi connectivity index (χ1) is 12.5. The number of nitrogens with one attached hydrogen (secondary N) is 1. The summed E-state index contributed by atoms with van der Waals surface area (Å²) in [4.78, 5) is 34.3. The fourth-order valence-corrected chi connectivity index (χ4v) is 5.51. The van der Waals surface area contributed by atoms with Gasteiger partial charge in [0.15, 0.2) is 10.3 Å². The highest BCUT2D eigenvalue weighted by Gasteiger charge is 2.20. The topological polar surface area (TPSA) is 76.9 Å². The Bertz CT molecular complexity index is 1070. The number of carbonyl (C=O) groups excluding carboxylic acids is 1. The molecule has 1 aromatic carbocycles. The first-order valence-corrected chi connectivity index (χ1v) is 10.8. The summed E-state index contributed by atoms with van der Waals surface area (Å²) in [6, 6.07) is 6.01. The Morgan fingerprint density at radius 3 is 3.08 bits per heavy atom. The number of thioether (sulfide) groups is 2. The van der Waals surface area contributed by atoms with E-state index in [1.807, 2.05) is 19.1 Å². The van der Waals surface area contributed by atoms with Crippen molar-refractivity contribution in [3.8, 4) is 0 Å². The molecule has 0 fully saturated rings. The summed E-state index contributed by atoms with van der Waals surface area (Å²) in [6.45, 7) is 2.03. The lowest BCUT2D eigenvalue weighted by Crippen LogP contribution is -2.23. The molecule has 0 saturated carbocycles. The number of benzene rings is 1. The number of hydrogen-bond acceptors (Lipinski definition) is 7. The third kappa shape index (κ3) is 3.38. The van der Waals surface area contributed by atoms with Crippen LogP contribution in [-0.2, 0) is 18.3 Å². The van der Waals surface area contributed by atoms with E-state index in [-0.39, 0.29) is 17.2 Å². The van der Waals surface area contributed by atoms with Gasteiger partial charge in [-0.15, -0.1) is 11.8 Å². The normalized spacial score (nSPS) is 13.2. The number of rotatable bonds is 4. The van der Waals surface area contributed by atoms with Gasteiger partial charge >= 0.3 is 0 Å². The van der Waals surface area contributed by atoms with Crippen molar-refractivity contribution in [1.29, 1.82) is 0 Å². The Balaban J connectivity index is 1.45. The van der Waals surface area contributed by atoms with Crippen molar-refractivity contribution in [2.75, 3.05) is 16.8 Å². The minimum absolute atomic E-state index is 0.0260. The minimum atomic E-state index is -0.157. The van der Waals surface area contributed by atoms with Crippen LogP contribution in [0.4, 0.5) is 5.13 Å². The highest BCUT2D eigenvalue weighted by atomic mass is 32.2. The van der Waals surface area contributed by atoms with Gasteiger partial charge in [0.25, 0.3) is 5.56 Å². The standard InChI is InChI=1S/C17H16N4O2S3/c1-9-3-4-10-12(7-9)26-16(18-10)20-13(22)8-25-17-19-11-5-6-24-14(11)15(23)21(17)2/h3-4,7H,5-6,8H2,1-2H3,(H,18,20,22). The van der Waals surface area contributed by atoms with Gasteiger partial charge in [0.05, 0.1) is 26.6 Å². The maximum Gasteiger partial charge on any atom is 0.267 e. The van der Waals surface area contributed by atoms with Crippen LogP contribution in [0.25, 0.3) is 10.2 Å². The molecule has 1 aliphatic rings. The second kappa shape index (κ2) is 7.05. The van der Waals surface area contributed by atoms with Gasteiger partial charge < -0.3 is 5.32 Å². The molecule has 6 nitrogen and oxygen atoms in total. The first-order valence-electron chi connectivity index (χ1n) is 8.04. The zero-order chi connectivity index (χ0) is 18.3. The lowest BCUT2D eigenvalue weighted by Gasteiger charge is -2.08. The Morgan fingerprint density at radius 1 is 1.38 bits per heavy atom. The monoisotopic (exact) mass is 404 g/mol. The van der Waals surface area contributed by atoms with Crippen LogP contribution in [0, 0.1) is 6.92 Å². The van der Waals surface area contributed by atoms with Crippen molar-refractivity contribution < 1.29 is 4.79 Å². The van der Waals surface area contributed by atoms with Crippen molar-refractivity contribution >= 4 is 56.1 Å². The molecule has 0 saturated heterocycles. The molecule has 9 heteroatoms. The summed E-state index contributed by atoms with van der Waals surface area (Å²) in [5.41, 5.74) is 2.87. The van der Waals surface area contributed by atoms with Crippen LogP contribution in [-0.4, -0.2) is 31.9 Å². The molecule has 0 spiro atoms. The van der Waals surface area contributed by atoms with Gasteiger partial charge in [-0.25, -0.2) is 9.97 Å². The van der Waals surface area contributed by atoms with E-state index in [0.717, 1.165) is 38.5 Å². The van der Waals surface area contributed by atoms with Crippen molar-refractivity contribution in [1.82, 2.24) is 14.5 Å². The molecule has 1 N–H and O–H groups in total. The number of thiazole rings is 1. The molecule has 0 aliphatic carbocycles. The molecule has 2 aromatic heterocycles. The van der Waals surface area contributed by atoms with Gasteiger partial charge in [0.2, 0.25) is 5.91 Å². The van der Waals surface area contributed by atoms with Gasteiger partial charge in [0.1, 0.15) is 0 Å². The number of anilines is 1. The summed E-state index contributed by atoms with van der Waals surface area (Å²) in [5, 5.41) is 4.00. The lowest BCUT2D eigenvalue weighted by atomic mass is 10.2. The number of amides is 1. The van der Waals surface area contributed by atoms with Crippen LogP contribution in [0.2, 0.25) is 0 Å². The Hall–Kier alpha value is -1.84.